The number of carbonyl (C=O) groups excluding carboxylic acids is 1. The van der Waals surface area contributed by atoms with Gasteiger partial charge in [-0.15, -0.1) is 12.3 Å². The summed E-state index contributed by atoms with van der Waals surface area (Å²) in [4.78, 5) is 15.2. The summed E-state index contributed by atoms with van der Waals surface area (Å²) in [7, 11) is 0. The Kier molecular flexibility index (Phi) is 3.48. The third-order valence-corrected chi connectivity index (χ3v) is 1.87. The van der Waals surface area contributed by atoms with Gasteiger partial charge in [0.1, 0.15) is 0 Å². The predicted octanol–water partition coefficient (Wildman–Crippen LogP) is 2.33. The van der Waals surface area contributed by atoms with Crippen molar-refractivity contribution in [3.63, 3.8) is 0 Å². The van der Waals surface area contributed by atoms with Crippen LogP contribution in [0.5, 0.6) is 0 Å². The molecule has 3 heteroatoms. The van der Waals surface area contributed by atoms with E-state index in [4.69, 9.17) is 18.0 Å². The molecule has 0 atom stereocenters. The molecule has 2 nitrogen and oxygen atoms in total. The molecule has 0 unspecified atom stereocenters. The maximum absolute atomic E-state index is 11.4. The molecule has 0 bridgehead atoms. The fourth-order valence-corrected chi connectivity index (χ4v) is 1.15. The summed E-state index contributed by atoms with van der Waals surface area (Å²) >= 11 is 5.76. The fourth-order valence-electron chi connectivity index (χ4n) is 0.922. The molecule has 0 fully saturated rings. The van der Waals surface area contributed by atoms with Gasteiger partial charge in [-0.2, -0.15) is 0 Å². The molecule has 13 heavy (non-hydrogen) atoms. The molecule has 1 aromatic heterocycles. The van der Waals surface area contributed by atoms with Gasteiger partial charge < -0.3 is 0 Å². The van der Waals surface area contributed by atoms with Crippen molar-refractivity contribution in [2.45, 2.75) is 12.8 Å². The molecule has 0 amide bonds. The summed E-state index contributed by atoms with van der Waals surface area (Å²) in [6, 6.07) is 1.60. The van der Waals surface area contributed by atoms with Gasteiger partial charge in [0, 0.05) is 30.8 Å². The molecule has 0 aromatic carbocycles. The topological polar surface area (TPSA) is 30.0 Å². The molecule has 66 valence electrons. The highest BCUT2D eigenvalue weighted by Crippen LogP contribution is 2.15. The van der Waals surface area contributed by atoms with E-state index in [2.05, 4.69) is 10.9 Å². The van der Waals surface area contributed by atoms with Crippen LogP contribution in [0.15, 0.2) is 18.5 Å². The Balaban J connectivity index is 2.78. The molecule has 0 radical (unpaired) electrons. The molecule has 0 spiro atoms. The Labute approximate surface area is 81.9 Å². The number of ketones is 1. The first-order valence-electron chi connectivity index (χ1n) is 3.82. The van der Waals surface area contributed by atoms with E-state index in [1.807, 2.05) is 0 Å². The minimum atomic E-state index is -0.0367. The predicted molar refractivity (Wildman–Crippen MR) is 51.6 cm³/mol. The highest BCUT2D eigenvalue weighted by Gasteiger charge is 2.08. The zero-order valence-electron chi connectivity index (χ0n) is 6.96. The number of Topliss-reactive ketones (excluding diaryl/α,β-unsaturated/α-hetero) is 1. The van der Waals surface area contributed by atoms with Gasteiger partial charge in [0.05, 0.1) is 5.02 Å². The first-order valence-corrected chi connectivity index (χ1v) is 4.19. The molecule has 0 saturated heterocycles. The van der Waals surface area contributed by atoms with Gasteiger partial charge in [0.2, 0.25) is 0 Å². The van der Waals surface area contributed by atoms with E-state index in [1.165, 1.54) is 12.4 Å². The Morgan fingerprint density at radius 1 is 1.69 bits per heavy atom. The first kappa shape index (κ1) is 9.76. The van der Waals surface area contributed by atoms with E-state index >= 15 is 0 Å². The third-order valence-electron chi connectivity index (χ3n) is 1.57. The number of nitrogens with zero attached hydrogens (tertiary/aromatic N) is 1. The van der Waals surface area contributed by atoms with Crippen LogP contribution in [0.4, 0.5) is 0 Å². The lowest BCUT2D eigenvalue weighted by atomic mass is 10.1. The summed E-state index contributed by atoms with van der Waals surface area (Å²) in [5, 5.41) is 0.379. The number of halogens is 1. The summed E-state index contributed by atoms with van der Waals surface area (Å²) in [6.07, 6.45) is 8.81. The summed E-state index contributed by atoms with van der Waals surface area (Å²) in [5.74, 6) is 2.37. The highest BCUT2D eigenvalue weighted by molar-refractivity contribution is 6.33. The largest absolute Gasteiger partial charge is 0.294 e. The lowest BCUT2D eigenvalue weighted by Crippen LogP contribution is -1.99. The smallest absolute Gasteiger partial charge is 0.165 e. The quantitative estimate of drug-likeness (QED) is 0.545. The molecule has 0 aliphatic rings. The van der Waals surface area contributed by atoms with Crippen LogP contribution in [0.25, 0.3) is 0 Å². The molecular formula is C10H8ClNO. The van der Waals surface area contributed by atoms with Crippen molar-refractivity contribution in [3.05, 3.63) is 29.0 Å². The molecule has 1 heterocycles. The van der Waals surface area contributed by atoms with Crippen molar-refractivity contribution in [2.24, 2.45) is 0 Å². The van der Waals surface area contributed by atoms with Gasteiger partial charge in [0.25, 0.3) is 0 Å². The normalized spacial score (nSPS) is 9.23. The number of hydrogen-bond acceptors (Lipinski definition) is 2. The number of hydrogen-bond donors (Lipinski definition) is 0. The monoisotopic (exact) mass is 193 g/mol. The van der Waals surface area contributed by atoms with Gasteiger partial charge in [-0.25, -0.2) is 0 Å². The lowest BCUT2D eigenvalue weighted by molar-refractivity contribution is 0.0984. The first-order chi connectivity index (χ1) is 6.25. The Bertz CT molecular complexity index is 354. The van der Waals surface area contributed by atoms with Crippen LogP contribution in [-0.4, -0.2) is 10.8 Å². The molecular weight excluding hydrogens is 186 g/mol. The SMILES string of the molecule is C#CCCC(=O)c1ccncc1Cl. The Morgan fingerprint density at radius 2 is 2.46 bits per heavy atom. The maximum Gasteiger partial charge on any atom is 0.165 e. The fraction of sp³-hybridized carbons (Fsp3) is 0.200. The van der Waals surface area contributed by atoms with E-state index in [9.17, 15) is 4.79 Å². The number of carbonyl (C=O) groups is 1. The maximum atomic E-state index is 11.4. The van der Waals surface area contributed by atoms with E-state index in [0.29, 0.717) is 23.4 Å². The highest BCUT2D eigenvalue weighted by atomic mass is 35.5. The number of aromatic nitrogens is 1. The molecule has 0 N–H and O–H groups in total. The van der Waals surface area contributed by atoms with Crippen LogP contribution < -0.4 is 0 Å². The number of terminal acetylenes is 1. The van der Waals surface area contributed by atoms with Crippen molar-refractivity contribution in [2.75, 3.05) is 0 Å². The van der Waals surface area contributed by atoms with Crippen LogP contribution in [0, 0.1) is 12.3 Å². The second kappa shape index (κ2) is 4.64. The average Bonchev–Trinajstić information content (AvgIpc) is 2.15. The summed E-state index contributed by atoms with van der Waals surface area (Å²) in [5.41, 5.74) is 0.493. The van der Waals surface area contributed by atoms with Gasteiger partial charge in [0.15, 0.2) is 5.78 Å². The average molecular weight is 194 g/mol. The van der Waals surface area contributed by atoms with Crippen molar-refractivity contribution in [3.8, 4) is 12.3 Å². The van der Waals surface area contributed by atoms with Crippen LogP contribution in [-0.2, 0) is 0 Å². The van der Waals surface area contributed by atoms with Gasteiger partial charge in [-0.1, -0.05) is 11.6 Å². The zero-order valence-corrected chi connectivity index (χ0v) is 7.71. The second-order valence-corrected chi connectivity index (χ2v) is 2.89. The molecule has 0 saturated carbocycles. The molecule has 0 aliphatic heterocycles. The van der Waals surface area contributed by atoms with Crippen molar-refractivity contribution in [1.29, 1.82) is 0 Å². The Morgan fingerprint density at radius 3 is 3.08 bits per heavy atom. The Hall–Kier alpha value is -1.33. The molecule has 1 rings (SSSR count). The van der Waals surface area contributed by atoms with E-state index in [-0.39, 0.29) is 5.78 Å². The minimum absolute atomic E-state index is 0.0367. The van der Waals surface area contributed by atoms with Gasteiger partial charge >= 0.3 is 0 Å². The van der Waals surface area contributed by atoms with E-state index in [0.717, 1.165) is 0 Å². The summed E-state index contributed by atoms with van der Waals surface area (Å²) in [6.45, 7) is 0. The van der Waals surface area contributed by atoms with Gasteiger partial charge in [-0.05, 0) is 6.07 Å². The van der Waals surface area contributed by atoms with Crippen molar-refractivity contribution < 1.29 is 4.79 Å². The van der Waals surface area contributed by atoms with Gasteiger partial charge in [-0.3, -0.25) is 9.78 Å². The zero-order chi connectivity index (χ0) is 9.68. The lowest BCUT2D eigenvalue weighted by Gasteiger charge is -1.99. The summed E-state index contributed by atoms with van der Waals surface area (Å²) < 4.78 is 0. The van der Waals surface area contributed by atoms with Crippen molar-refractivity contribution in [1.82, 2.24) is 4.98 Å². The molecule has 1 aromatic rings. The van der Waals surface area contributed by atoms with Crippen LogP contribution in [0.1, 0.15) is 23.2 Å². The van der Waals surface area contributed by atoms with Crippen LogP contribution in [0.2, 0.25) is 5.02 Å². The standard InChI is InChI=1S/C10H8ClNO/c1-2-3-4-10(13)8-5-6-12-7-9(8)11/h1,5-7H,3-4H2. The van der Waals surface area contributed by atoms with Crippen LogP contribution in [0.3, 0.4) is 0 Å². The minimum Gasteiger partial charge on any atom is -0.294 e. The van der Waals surface area contributed by atoms with Crippen LogP contribution >= 0.6 is 11.6 Å². The second-order valence-electron chi connectivity index (χ2n) is 2.48. The number of pyridine rings is 1. The third kappa shape index (κ3) is 2.57. The molecule has 0 aliphatic carbocycles. The van der Waals surface area contributed by atoms with Crippen molar-refractivity contribution >= 4 is 17.4 Å². The van der Waals surface area contributed by atoms with E-state index < -0.39 is 0 Å². The number of rotatable bonds is 3. The van der Waals surface area contributed by atoms with E-state index in [1.54, 1.807) is 6.07 Å².